The number of hydrogen-bond acceptors (Lipinski definition) is 6. The SMILES string of the molecule is CN1C=CC(c2c3nc(c(C4=CCN(C)C=C4)c4ccc([nH]4)c(C4=CCN(C)C=C4)c4nc(c(C5=CCN(C)C=C5)c5ccc2[nH]5)C=C4)C=C3)=CC1.[Cl-].[Cl-].[Cl-].[Lu+3]. The van der Waals surface area contributed by atoms with E-state index in [1.54, 1.807) is 0 Å². The van der Waals surface area contributed by atoms with Crippen LogP contribution in [0.5, 0.6) is 0 Å². The second kappa shape index (κ2) is 18.0. The van der Waals surface area contributed by atoms with Crippen LogP contribution in [-0.2, 0) is 0 Å². The number of H-pyrrole nitrogens is 2. The van der Waals surface area contributed by atoms with E-state index in [4.69, 9.17) is 9.97 Å². The fourth-order valence-electron chi connectivity index (χ4n) is 7.48. The van der Waals surface area contributed by atoms with Crippen molar-refractivity contribution in [3.8, 4) is 0 Å². The Morgan fingerprint density at radius 1 is 0.393 bits per heavy atom. The molecule has 9 heterocycles. The number of allylic oxidation sites excluding steroid dienone is 8. The van der Waals surface area contributed by atoms with E-state index in [9.17, 15) is 0 Å². The predicted octanol–water partition coefficient (Wildman–Crippen LogP) is -0.962. The van der Waals surface area contributed by atoms with Gasteiger partial charge in [0.1, 0.15) is 0 Å². The Bertz CT molecular complexity index is 2170. The van der Waals surface area contributed by atoms with Crippen LogP contribution in [0.1, 0.15) is 45.0 Å². The van der Waals surface area contributed by atoms with Crippen molar-refractivity contribution in [2.24, 2.45) is 0 Å². The molecule has 0 aliphatic carbocycles. The maximum Gasteiger partial charge on any atom is 3.00 e. The standard InChI is InChI=1S/C44H42N8.3ClH.Lu/c1-49-21-13-29(14-22-49)41-33-5-7-35(45-33)42(30-15-23-50(2)24-16-30)37-9-11-39(47-37)44(32-19-27-52(4)28-20-32)40-12-10-38(48-40)43(36-8-6-34(41)46-36)31-17-25-51(3)26-18-31;;;;/h5-21,23,25,27,45,48H,22,24,26,28H2,1-4H3;3*1H;/q;;;;+3/p-3. The van der Waals surface area contributed by atoms with Crippen molar-refractivity contribution in [3.05, 3.63) is 143 Å². The van der Waals surface area contributed by atoms with E-state index >= 15 is 0 Å². The number of halogens is 3. The third-order valence-corrected chi connectivity index (χ3v) is 10.3. The summed E-state index contributed by atoms with van der Waals surface area (Å²) in [5, 5.41) is 0. The normalized spacial score (nSPS) is 16.6. The molecule has 9 rings (SSSR count). The van der Waals surface area contributed by atoms with Crippen molar-refractivity contribution < 1.29 is 74.1 Å². The summed E-state index contributed by atoms with van der Waals surface area (Å²) in [5.41, 5.74) is 16.7. The molecule has 12 heteroatoms. The van der Waals surface area contributed by atoms with Gasteiger partial charge in [0.2, 0.25) is 0 Å². The van der Waals surface area contributed by atoms with Crippen molar-refractivity contribution in [2.75, 3.05) is 54.4 Å². The summed E-state index contributed by atoms with van der Waals surface area (Å²) in [5.74, 6) is 0. The van der Waals surface area contributed by atoms with Gasteiger partial charge in [-0.15, -0.1) is 0 Å². The van der Waals surface area contributed by atoms with E-state index in [1.165, 1.54) is 0 Å². The minimum absolute atomic E-state index is 0. The molecule has 0 unspecified atom stereocenters. The van der Waals surface area contributed by atoms with Crippen molar-refractivity contribution >= 4 is 68.7 Å². The Morgan fingerprint density at radius 3 is 0.821 bits per heavy atom. The molecule has 0 atom stereocenters. The average Bonchev–Trinajstić information content (AvgIpc) is 3.99. The number of aromatic amines is 2. The first kappa shape index (κ1) is 43.0. The van der Waals surface area contributed by atoms with Crippen molar-refractivity contribution in [2.45, 2.75) is 0 Å². The molecule has 0 amide bonds. The molecule has 6 aliphatic rings. The van der Waals surface area contributed by atoms with Gasteiger partial charge in [0, 0.05) is 98.7 Å². The summed E-state index contributed by atoms with van der Waals surface area (Å²) in [6.45, 7) is 3.31. The van der Waals surface area contributed by atoms with Crippen LogP contribution in [0.4, 0.5) is 0 Å². The minimum Gasteiger partial charge on any atom is -1.00 e. The molecule has 0 fully saturated rings. The second-order valence-electron chi connectivity index (χ2n) is 14.2. The molecule has 0 radical (unpaired) electrons. The van der Waals surface area contributed by atoms with Gasteiger partial charge in [0.25, 0.3) is 0 Å². The van der Waals surface area contributed by atoms with Crippen LogP contribution in [0.15, 0.2) is 97.7 Å². The molecule has 8 nitrogen and oxygen atoms in total. The largest absolute Gasteiger partial charge is 3.00 e. The Hall–Kier alpha value is -4.18. The van der Waals surface area contributed by atoms with Gasteiger partial charge < -0.3 is 66.8 Å². The zero-order valence-corrected chi connectivity index (χ0v) is 35.4. The third kappa shape index (κ3) is 8.27. The number of rotatable bonds is 4. The molecule has 3 aromatic heterocycles. The van der Waals surface area contributed by atoms with Crippen LogP contribution in [0.2, 0.25) is 0 Å². The molecular formula is C44H42Cl3LuN8. The van der Waals surface area contributed by atoms with E-state index in [-0.39, 0.29) is 74.1 Å². The first-order chi connectivity index (χ1) is 25.4. The molecule has 56 heavy (non-hydrogen) atoms. The molecule has 0 saturated carbocycles. The molecule has 6 aliphatic heterocycles. The van der Waals surface area contributed by atoms with Gasteiger partial charge in [0.15, 0.2) is 0 Å². The van der Waals surface area contributed by atoms with Crippen LogP contribution in [0.25, 0.3) is 68.7 Å². The summed E-state index contributed by atoms with van der Waals surface area (Å²) in [6, 6.07) is 8.79. The monoisotopic (exact) mass is 962 g/mol. The van der Waals surface area contributed by atoms with Gasteiger partial charge >= 0.3 is 36.9 Å². The Morgan fingerprint density at radius 2 is 0.625 bits per heavy atom. The van der Waals surface area contributed by atoms with Crippen molar-refractivity contribution in [1.29, 1.82) is 0 Å². The molecule has 3 aromatic rings. The fraction of sp³-hybridized carbons (Fsp3) is 0.182. The number of likely N-dealkylation sites (N-methyl/N-ethyl adjacent to an activating group) is 4. The first-order valence-electron chi connectivity index (χ1n) is 17.9. The molecule has 0 saturated heterocycles. The summed E-state index contributed by atoms with van der Waals surface area (Å²) in [7, 11) is 8.39. The number of hydrogen-bond donors (Lipinski definition) is 2. The Kier molecular flexibility index (Phi) is 13.8. The quantitative estimate of drug-likeness (QED) is 0.242. The van der Waals surface area contributed by atoms with Crippen LogP contribution < -0.4 is 37.2 Å². The number of aromatic nitrogens is 4. The average molecular weight is 964 g/mol. The van der Waals surface area contributed by atoms with E-state index < -0.39 is 0 Å². The fourth-order valence-corrected chi connectivity index (χ4v) is 7.48. The first-order valence-corrected chi connectivity index (χ1v) is 17.9. The van der Waals surface area contributed by atoms with Crippen LogP contribution in [0.3, 0.4) is 0 Å². The minimum atomic E-state index is 0. The molecular weight excluding hydrogens is 922 g/mol. The Balaban J connectivity index is 0.00000150. The maximum atomic E-state index is 5.43. The summed E-state index contributed by atoms with van der Waals surface area (Å²) >= 11 is 0. The van der Waals surface area contributed by atoms with E-state index in [0.29, 0.717) is 0 Å². The summed E-state index contributed by atoms with van der Waals surface area (Å²) in [4.78, 5) is 27.3. The van der Waals surface area contributed by atoms with E-state index in [1.807, 2.05) is 0 Å². The van der Waals surface area contributed by atoms with E-state index in [0.717, 1.165) is 116 Å². The molecule has 0 aromatic carbocycles. The van der Waals surface area contributed by atoms with Crippen LogP contribution in [-0.4, -0.2) is 93.9 Å². The van der Waals surface area contributed by atoms with Gasteiger partial charge in [-0.2, -0.15) is 0 Å². The van der Waals surface area contributed by atoms with Gasteiger partial charge in [-0.3, -0.25) is 0 Å². The van der Waals surface area contributed by atoms with Gasteiger partial charge in [-0.05, 0) is 120 Å². The predicted molar refractivity (Wildman–Crippen MR) is 218 cm³/mol. The zero-order valence-electron chi connectivity index (χ0n) is 31.5. The molecule has 8 bridgehead atoms. The second-order valence-corrected chi connectivity index (χ2v) is 14.2. The topological polar surface area (TPSA) is 70.3 Å². The van der Waals surface area contributed by atoms with Crippen molar-refractivity contribution in [1.82, 2.24) is 39.5 Å². The van der Waals surface area contributed by atoms with E-state index in [2.05, 4.69) is 180 Å². The third-order valence-electron chi connectivity index (χ3n) is 10.3. The Labute approximate surface area is 376 Å². The van der Waals surface area contributed by atoms with Gasteiger partial charge in [-0.25, -0.2) is 9.97 Å². The van der Waals surface area contributed by atoms with Crippen LogP contribution in [0, 0.1) is 36.9 Å². The zero-order chi connectivity index (χ0) is 35.3. The maximum absolute atomic E-state index is 5.43. The molecule has 0 spiro atoms. The summed E-state index contributed by atoms with van der Waals surface area (Å²) < 4.78 is 0. The number of nitrogens with zero attached hydrogens (tertiary/aromatic N) is 6. The van der Waals surface area contributed by atoms with Crippen LogP contribution >= 0.6 is 0 Å². The van der Waals surface area contributed by atoms with Gasteiger partial charge in [-0.1, -0.05) is 24.3 Å². The molecule has 2 N–H and O–H groups in total. The number of nitrogens with one attached hydrogen (secondary N) is 2. The van der Waals surface area contributed by atoms with Gasteiger partial charge in [0.05, 0.1) is 22.8 Å². The molecule has 294 valence electrons. The summed E-state index contributed by atoms with van der Waals surface area (Å²) in [6.07, 6.45) is 35.2. The van der Waals surface area contributed by atoms with Crippen molar-refractivity contribution in [3.63, 3.8) is 0 Å². The number of fused-ring (bicyclic) bond motifs is 8. The smallest absolute Gasteiger partial charge is 1.00 e.